The maximum atomic E-state index is 13.2. The first kappa shape index (κ1) is 28.0. The van der Waals surface area contributed by atoms with E-state index in [4.69, 9.17) is 17.7 Å². The molecule has 7 rings (SSSR count). The highest BCUT2D eigenvalue weighted by Gasteiger charge is 2.25. The van der Waals surface area contributed by atoms with E-state index in [9.17, 15) is 9.59 Å². The van der Waals surface area contributed by atoms with Gasteiger partial charge in [-0.2, -0.15) is 0 Å². The molecule has 0 spiro atoms. The van der Waals surface area contributed by atoms with Gasteiger partial charge < -0.3 is 33.2 Å². The molecule has 0 radical (unpaired) electrons. The zero-order valence-corrected chi connectivity index (χ0v) is 24.3. The molecule has 4 aromatic heterocycles. The van der Waals surface area contributed by atoms with E-state index < -0.39 is 11.9 Å². The van der Waals surface area contributed by atoms with E-state index in [-0.39, 0.29) is 29.9 Å². The summed E-state index contributed by atoms with van der Waals surface area (Å²) < 4.78 is 22.7. The number of nitrogens with zero attached hydrogens (tertiary/aromatic N) is 5. The SMILES string of the molecule is CN(C)CC[C@@H]1NC(=O)c2coc(n2)-c2coc(n2)-c2cccc(c2)-c2cccc(c2)-c2nc(co2)-c2nc(co2)CNC1=O. The standard InChI is InChI=1S/C32H27N7O6/c1-39(2)10-9-23-27(40)33-13-22-14-42-31(34-22)25-16-43-29(37-25)20-7-3-5-18(11-20)19-6-4-8-21(12-19)30-38-26(17-44-30)32-36-24(15-45-32)28(41)35-23/h3-8,11-12,14-17,23H,9-10,13H2,1-2H3,(H,33,40)(H,35,41)/t23-/m0/s1. The Morgan fingerprint density at radius 3 is 1.89 bits per heavy atom. The van der Waals surface area contributed by atoms with Crippen molar-refractivity contribution in [2.75, 3.05) is 20.6 Å². The fraction of sp³-hybridized carbons (Fsp3) is 0.188. The number of oxazole rings is 4. The van der Waals surface area contributed by atoms with E-state index in [0.29, 0.717) is 41.8 Å². The van der Waals surface area contributed by atoms with Crippen LogP contribution in [0.25, 0.3) is 57.2 Å². The maximum Gasteiger partial charge on any atom is 0.273 e. The zero-order chi connectivity index (χ0) is 30.9. The van der Waals surface area contributed by atoms with Gasteiger partial charge in [0.2, 0.25) is 29.5 Å². The van der Waals surface area contributed by atoms with E-state index in [2.05, 4.69) is 30.6 Å². The fourth-order valence-electron chi connectivity index (χ4n) is 4.86. The Morgan fingerprint density at radius 1 is 0.711 bits per heavy atom. The third kappa shape index (κ3) is 5.88. The molecule has 1 atom stereocenters. The zero-order valence-electron chi connectivity index (χ0n) is 24.3. The van der Waals surface area contributed by atoms with Crippen LogP contribution in [0, 0.1) is 0 Å². The van der Waals surface area contributed by atoms with E-state index >= 15 is 0 Å². The topological polar surface area (TPSA) is 166 Å². The van der Waals surface area contributed by atoms with E-state index in [1.54, 1.807) is 0 Å². The van der Waals surface area contributed by atoms with Crippen LogP contribution >= 0.6 is 0 Å². The summed E-state index contributed by atoms with van der Waals surface area (Å²) in [5.74, 6) is 0.145. The van der Waals surface area contributed by atoms with Gasteiger partial charge in [-0.15, -0.1) is 0 Å². The number of carbonyl (C=O) groups is 2. The van der Waals surface area contributed by atoms with Gasteiger partial charge in [0.1, 0.15) is 31.1 Å². The molecule has 226 valence electrons. The quantitative estimate of drug-likeness (QED) is 0.288. The van der Waals surface area contributed by atoms with Gasteiger partial charge in [-0.25, -0.2) is 19.9 Å². The summed E-state index contributed by atoms with van der Waals surface area (Å²) in [5, 5.41) is 5.59. The molecule has 0 unspecified atom stereocenters. The molecule has 1 aliphatic heterocycles. The minimum atomic E-state index is -0.850. The predicted octanol–water partition coefficient (Wildman–Crippen LogP) is 4.65. The molecule has 13 heteroatoms. The molecule has 5 heterocycles. The van der Waals surface area contributed by atoms with Gasteiger partial charge in [-0.1, -0.05) is 24.3 Å². The number of benzene rings is 2. The van der Waals surface area contributed by atoms with Gasteiger partial charge in [-0.3, -0.25) is 9.59 Å². The third-order valence-electron chi connectivity index (χ3n) is 7.22. The van der Waals surface area contributed by atoms with Crippen LogP contribution in [-0.4, -0.2) is 63.3 Å². The smallest absolute Gasteiger partial charge is 0.273 e. The van der Waals surface area contributed by atoms with Gasteiger partial charge in [0, 0.05) is 11.1 Å². The summed E-state index contributed by atoms with van der Waals surface area (Å²) in [6.07, 6.45) is 5.91. The molecule has 0 fully saturated rings. The van der Waals surface area contributed by atoms with E-state index in [1.807, 2.05) is 67.5 Å². The van der Waals surface area contributed by atoms with Gasteiger partial charge in [-0.05, 0) is 62.5 Å². The Balaban J connectivity index is 1.26. The Bertz CT molecular complexity index is 2000. The van der Waals surface area contributed by atoms with Gasteiger partial charge in [0.05, 0.1) is 12.2 Å². The minimum Gasteiger partial charge on any atom is -0.444 e. The summed E-state index contributed by atoms with van der Waals surface area (Å²) >= 11 is 0. The molecule has 0 aliphatic carbocycles. The largest absolute Gasteiger partial charge is 0.444 e. The number of hydrogen-bond donors (Lipinski definition) is 2. The highest BCUT2D eigenvalue weighted by molar-refractivity contribution is 5.96. The lowest BCUT2D eigenvalue weighted by Crippen LogP contribution is -2.47. The van der Waals surface area contributed by atoms with Crippen LogP contribution in [0.3, 0.4) is 0 Å². The van der Waals surface area contributed by atoms with Crippen molar-refractivity contribution in [2.45, 2.75) is 19.0 Å². The molecule has 0 saturated heterocycles. The first-order valence-corrected chi connectivity index (χ1v) is 14.2. The second kappa shape index (κ2) is 11.7. The number of hydrogen-bond acceptors (Lipinski definition) is 11. The van der Waals surface area contributed by atoms with Crippen molar-refractivity contribution in [3.05, 3.63) is 85.0 Å². The van der Waals surface area contributed by atoms with E-state index in [0.717, 1.165) is 22.3 Å². The molecule has 2 amide bonds. The minimum absolute atomic E-state index is 0.00154. The van der Waals surface area contributed by atoms with Crippen molar-refractivity contribution in [3.63, 3.8) is 0 Å². The molecular weight excluding hydrogens is 578 g/mol. The summed E-state index contributed by atoms with van der Waals surface area (Å²) in [7, 11) is 3.77. The number of aromatic nitrogens is 4. The van der Waals surface area contributed by atoms with Crippen molar-refractivity contribution in [3.8, 4) is 57.2 Å². The number of carbonyl (C=O) groups excluding carboxylic acids is 2. The Kier molecular flexibility index (Phi) is 7.27. The first-order chi connectivity index (χ1) is 21.9. The lowest BCUT2D eigenvalue weighted by atomic mass is 10.0. The van der Waals surface area contributed by atoms with Crippen LogP contribution in [0.4, 0.5) is 0 Å². The van der Waals surface area contributed by atoms with Crippen LogP contribution < -0.4 is 10.6 Å². The molecule has 1 aliphatic rings. The van der Waals surface area contributed by atoms with Crippen molar-refractivity contribution in [1.82, 2.24) is 35.5 Å². The average Bonchev–Trinajstić information content (AvgIpc) is 3.88. The maximum absolute atomic E-state index is 13.2. The van der Waals surface area contributed by atoms with Gasteiger partial charge >= 0.3 is 0 Å². The van der Waals surface area contributed by atoms with Gasteiger partial charge in [0.15, 0.2) is 17.1 Å². The Labute approximate surface area is 256 Å². The lowest BCUT2D eigenvalue weighted by molar-refractivity contribution is -0.123. The van der Waals surface area contributed by atoms with Crippen molar-refractivity contribution < 1.29 is 27.3 Å². The molecule has 13 nitrogen and oxygen atoms in total. The molecule has 0 saturated carbocycles. The van der Waals surface area contributed by atoms with Crippen LogP contribution in [0.1, 0.15) is 22.6 Å². The monoisotopic (exact) mass is 605 g/mol. The van der Waals surface area contributed by atoms with Crippen molar-refractivity contribution >= 4 is 11.8 Å². The summed E-state index contributed by atoms with van der Waals surface area (Å²) in [6.45, 7) is 0.627. The highest BCUT2D eigenvalue weighted by atomic mass is 16.4. The van der Waals surface area contributed by atoms with Crippen LogP contribution in [0.2, 0.25) is 0 Å². The molecule has 2 N–H and O–H groups in total. The number of amides is 2. The lowest BCUT2D eigenvalue weighted by Gasteiger charge is -2.19. The average molecular weight is 606 g/mol. The highest BCUT2D eigenvalue weighted by Crippen LogP contribution is 2.31. The third-order valence-corrected chi connectivity index (χ3v) is 7.22. The molecule has 6 aromatic rings. The summed E-state index contributed by atoms with van der Waals surface area (Å²) in [6, 6.07) is 14.6. The van der Waals surface area contributed by atoms with Crippen LogP contribution in [0.15, 0.2) is 91.3 Å². The number of fused-ring (bicyclic) bond motifs is 17. The number of nitrogens with one attached hydrogen (secondary N) is 2. The Hall–Kier alpha value is -5.82. The van der Waals surface area contributed by atoms with E-state index in [1.165, 1.54) is 25.1 Å². The van der Waals surface area contributed by atoms with Crippen LogP contribution in [-0.2, 0) is 11.3 Å². The molecule has 2 aromatic carbocycles. The van der Waals surface area contributed by atoms with Gasteiger partial charge in [0.25, 0.3) is 5.91 Å². The fourth-order valence-corrected chi connectivity index (χ4v) is 4.86. The second-order valence-corrected chi connectivity index (χ2v) is 10.8. The van der Waals surface area contributed by atoms with Crippen molar-refractivity contribution in [1.29, 1.82) is 0 Å². The second-order valence-electron chi connectivity index (χ2n) is 10.8. The normalized spacial score (nSPS) is 15.0. The van der Waals surface area contributed by atoms with Crippen LogP contribution in [0.5, 0.6) is 0 Å². The number of rotatable bonds is 3. The predicted molar refractivity (Wildman–Crippen MR) is 160 cm³/mol. The molecule has 12 bridgehead atoms. The van der Waals surface area contributed by atoms with Crippen molar-refractivity contribution in [2.24, 2.45) is 0 Å². The summed E-state index contributed by atoms with van der Waals surface area (Å²) in [4.78, 5) is 46.2. The first-order valence-electron chi connectivity index (χ1n) is 14.2. The molecular formula is C32H27N7O6. The summed E-state index contributed by atoms with van der Waals surface area (Å²) in [5.41, 5.74) is 4.56. The Morgan fingerprint density at radius 2 is 1.24 bits per heavy atom. The molecule has 45 heavy (non-hydrogen) atoms.